The Morgan fingerprint density at radius 2 is 1.28 bits per heavy atom. The van der Waals surface area contributed by atoms with Crippen LogP contribution in [-0.4, -0.2) is 30.0 Å². The molecule has 0 aromatic heterocycles. The first-order chi connectivity index (χ1) is 14.3. The summed E-state index contributed by atoms with van der Waals surface area (Å²) < 4.78 is 6.09. The zero-order chi connectivity index (χ0) is 19.9. The van der Waals surface area contributed by atoms with Gasteiger partial charge in [0.15, 0.2) is 0 Å². The van der Waals surface area contributed by atoms with Gasteiger partial charge >= 0.3 is 0 Å². The molecule has 0 atom stereocenters. The number of piperidine rings is 1. The van der Waals surface area contributed by atoms with Crippen LogP contribution in [0.2, 0.25) is 0 Å². The minimum absolute atomic E-state index is 0.184. The van der Waals surface area contributed by atoms with E-state index in [1.807, 2.05) is 83.8 Å². The van der Waals surface area contributed by atoms with Crippen LogP contribution in [0.15, 0.2) is 91.0 Å². The number of hydrogen-bond donors (Lipinski definition) is 0. The summed E-state index contributed by atoms with van der Waals surface area (Å²) in [5.41, 5.74) is 3.29. The smallest absolute Gasteiger partial charge is 0.234 e. The van der Waals surface area contributed by atoms with E-state index >= 15 is 0 Å². The topological polar surface area (TPSA) is 29.5 Å². The zero-order valence-corrected chi connectivity index (χ0v) is 16.6. The van der Waals surface area contributed by atoms with Gasteiger partial charge in [0.2, 0.25) is 5.91 Å². The molecule has 1 fully saturated rings. The summed E-state index contributed by atoms with van der Waals surface area (Å²) >= 11 is 0. The molecule has 3 aromatic carbocycles. The van der Waals surface area contributed by atoms with Crippen molar-refractivity contribution in [3.63, 3.8) is 0 Å². The van der Waals surface area contributed by atoms with Crippen molar-refractivity contribution in [1.82, 2.24) is 4.90 Å². The highest BCUT2D eigenvalue weighted by molar-refractivity contribution is 5.87. The minimum Gasteiger partial charge on any atom is -0.373 e. The molecule has 0 bridgehead atoms. The van der Waals surface area contributed by atoms with Crippen molar-refractivity contribution in [2.45, 2.75) is 31.5 Å². The van der Waals surface area contributed by atoms with Crippen molar-refractivity contribution in [2.24, 2.45) is 0 Å². The number of benzene rings is 3. The molecular formula is C26H27NO2. The number of hydrogen-bond acceptors (Lipinski definition) is 2. The van der Waals surface area contributed by atoms with Crippen LogP contribution in [0.3, 0.4) is 0 Å². The Morgan fingerprint density at radius 1 is 0.793 bits per heavy atom. The van der Waals surface area contributed by atoms with Gasteiger partial charge in [-0.15, -0.1) is 0 Å². The highest BCUT2D eigenvalue weighted by Crippen LogP contribution is 2.28. The summed E-state index contributed by atoms with van der Waals surface area (Å²) in [4.78, 5) is 15.5. The van der Waals surface area contributed by atoms with E-state index in [9.17, 15) is 4.79 Å². The van der Waals surface area contributed by atoms with E-state index in [1.165, 1.54) is 5.56 Å². The normalized spacial score (nSPS) is 14.9. The number of carbonyl (C=O) groups excluding carboxylic acids is 1. The lowest BCUT2D eigenvalue weighted by atomic mass is 9.89. The van der Waals surface area contributed by atoms with Gasteiger partial charge in [-0.05, 0) is 29.5 Å². The Hall–Kier alpha value is -2.91. The van der Waals surface area contributed by atoms with E-state index < -0.39 is 0 Å². The molecule has 0 saturated carbocycles. The number of carbonyl (C=O) groups is 1. The fourth-order valence-corrected chi connectivity index (χ4v) is 3.98. The van der Waals surface area contributed by atoms with Crippen LogP contribution in [0, 0.1) is 0 Å². The molecule has 1 heterocycles. The molecule has 1 aliphatic rings. The van der Waals surface area contributed by atoms with Crippen molar-refractivity contribution in [2.75, 3.05) is 13.1 Å². The van der Waals surface area contributed by atoms with Crippen molar-refractivity contribution in [1.29, 1.82) is 0 Å². The van der Waals surface area contributed by atoms with Gasteiger partial charge in [-0.3, -0.25) is 4.79 Å². The second-order valence-corrected chi connectivity index (χ2v) is 7.58. The van der Waals surface area contributed by atoms with Crippen molar-refractivity contribution >= 4 is 5.91 Å². The molecule has 148 valence electrons. The Kier molecular flexibility index (Phi) is 6.38. The molecule has 3 nitrogen and oxygen atoms in total. The summed E-state index contributed by atoms with van der Waals surface area (Å²) in [6, 6.07) is 30.4. The third-order valence-electron chi connectivity index (χ3n) is 5.59. The zero-order valence-electron chi connectivity index (χ0n) is 16.6. The second kappa shape index (κ2) is 9.53. The lowest BCUT2D eigenvalue weighted by Gasteiger charge is -2.34. The van der Waals surface area contributed by atoms with Gasteiger partial charge in [-0.25, -0.2) is 0 Å². The molecule has 0 spiro atoms. The summed E-state index contributed by atoms with van der Waals surface area (Å²) in [6.45, 7) is 2.12. The SMILES string of the molecule is O=C(C(c1ccccc1)c1ccccc1)N1CCC(OCc2ccccc2)CC1. The number of ether oxygens (including phenoxy) is 1. The molecule has 0 unspecified atom stereocenters. The van der Waals surface area contributed by atoms with Crippen molar-refractivity contribution in [3.8, 4) is 0 Å². The van der Waals surface area contributed by atoms with Gasteiger partial charge in [-0.1, -0.05) is 91.0 Å². The van der Waals surface area contributed by atoms with Crippen LogP contribution >= 0.6 is 0 Å². The standard InChI is InChI=1S/C26H27NO2/c28-26(25(22-12-6-2-7-13-22)23-14-8-3-9-15-23)27-18-16-24(17-19-27)29-20-21-10-4-1-5-11-21/h1-15,24-25H,16-20H2. The lowest BCUT2D eigenvalue weighted by molar-refractivity contribution is -0.134. The maximum atomic E-state index is 13.5. The van der Waals surface area contributed by atoms with Gasteiger partial charge in [0.05, 0.1) is 18.6 Å². The molecule has 4 rings (SSSR count). The van der Waals surface area contributed by atoms with Gasteiger partial charge in [0, 0.05) is 13.1 Å². The molecule has 1 saturated heterocycles. The summed E-state index contributed by atoms with van der Waals surface area (Å²) in [7, 11) is 0. The highest BCUT2D eigenvalue weighted by Gasteiger charge is 2.30. The molecule has 1 aliphatic heterocycles. The van der Waals surface area contributed by atoms with Crippen LogP contribution in [0.4, 0.5) is 0 Å². The fourth-order valence-electron chi connectivity index (χ4n) is 3.98. The van der Waals surface area contributed by atoms with E-state index in [0.717, 1.165) is 37.1 Å². The Bertz CT molecular complexity index is 848. The first kappa shape index (κ1) is 19.4. The summed E-state index contributed by atoms with van der Waals surface area (Å²) in [5.74, 6) is -0.0666. The van der Waals surface area contributed by atoms with E-state index in [2.05, 4.69) is 12.1 Å². The van der Waals surface area contributed by atoms with Crippen molar-refractivity contribution in [3.05, 3.63) is 108 Å². The number of likely N-dealkylation sites (tertiary alicyclic amines) is 1. The van der Waals surface area contributed by atoms with Crippen LogP contribution in [-0.2, 0) is 16.1 Å². The van der Waals surface area contributed by atoms with E-state index in [4.69, 9.17) is 4.74 Å². The van der Waals surface area contributed by atoms with Crippen LogP contribution in [0.25, 0.3) is 0 Å². The predicted molar refractivity (Wildman–Crippen MR) is 116 cm³/mol. The predicted octanol–water partition coefficient (Wildman–Crippen LogP) is 5.03. The molecule has 29 heavy (non-hydrogen) atoms. The Balaban J connectivity index is 1.40. The first-order valence-electron chi connectivity index (χ1n) is 10.4. The molecular weight excluding hydrogens is 358 g/mol. The van der Waals surface area contributed by atoms with Gasteiger partial charge < -0.3 is 9.64 Å². The Morgan fingerprint density at radius 3 is 1.79 bits per heavy atom. The van der Waals surface area contributed by atoms with Gasteiger partial charge in [0.1, 0.15) is 0 Å². The summed E-state index contributed by atoms with van der Waals surface area (Å²) in [5, 5.41) is 0. The molecule has 0 N–H and O–H groups in total. The molecule has 3 heteroatoms. The molecule has 3 aromatic rings. The number of nitrogens with zero attached hydrogens (tertiary/aromatic N) is 1. The lowest BCUT2D eigenvalue weighted by Crippen LogP contribution is -2.43. The minimum atomic E-state index is -0.251. The Labute approximate surface area is 172 Å². The van der Waals surface area contributed by atoms with E-state index in [0.29, 0.717) is 6.61 Å². The molecule has 0 radical (unpaired) electrons. The third kappa shape index (κ3) is 4.93. The van der Waals surface area contributed by atoms with E-state index in [1.54, 1.807) is 0 Å². The van der Waals surface area contributed by atoms with Crippen LogP contribution < -0.4 is 0 Å². The van der Waals surface area contributed by atoms with Gasteiger partial charge in [0.25, 0.3) is 0 Å². The number of amides is 1. The maximum Gasteiger partial charge on any atom is 0.234 e. The first-order valence-corrected chi connectivity index (χ1v) is 10.4. The third-order valence-corrected chi connectivity index (χ3v) is 5.59. The molecule has 0 aliphatic carbocycles. The average molecular weight is 386 g/mol. The monoisotopic (exact) mass is 385 g/mol. The fraction of sp³-hybridized carbons (Fsp3) is 0.269. The average Bonchev–Trinajstić information content (AvgIpc) is 2.80. The largest absolute Gasteiger partial charge is 0.373 e. The van der Waals surface area contributed by atoms with Crippen LogP contribution in [0.1, 0.15) is 35.4 Å². The van der Waals surface area contributed by atoms with Crippen LogP contribution in [0.5, 0.6) is 0 Å². The maximum absolute atomic E-state index is 13.5. The molecule has 1 amide bonds. The van der Waals surface area contributed by atoms with E-state index in [-0.39, 0.29) is 17.9 Å². The summed E-state index contributed by atoms with van der Waals surface area (Å²) in [6.07, 6.45) is 1.98. The number of rotatable bonds is 6. The van der Waals surface area contributed by atoms with Crippen molar-refractivity contribution < 1.29 is 9.53 Å². The quantitative estimate of drug-likeness (QED) is 0.596. The highest BCUT2D eigenvalue weighted by atomic mass is 16.5. The second-order valence-electron chi connectivity index (χ2n) is 7.58. The van der Waals surface area contributed by atoms with Gasteiger partial charge in [-0.2, -0.15) is 0 Å².